The van der Waals surface area contributed by atoms with Gasteiger partial charge < -0.3 is 15.5 Å². The largest absolute Gasteiger partial charge is 0.508 e. The van der Waals surface area contributed by atoms with E-state index < -0.39 is 6.10 Å². The first-order valence-corrected chi connectivity index (χ1v) is 5.68. The minimum atomic E-state index is -0.438. The van der Waals surface area contributed by atoms with Crippen LogP contribution < -0.4 is 5.32 Å². The lowest BCUT2D eigenvalue weighted by Gasteiger charge is -2.15. The van der Waals surface area contributed by atoms with Crippen LogP contribution in [-0.4, -0.2) is 28.3 Å². The fourth-order valence-electron chi connectivity index (χ4n) is 1.67. The quantitative estimate of drug-likeness (QED) is 0.744. The molecule has 0 aliphatic carbocycles. The Morgan fingerprint density at radius 3 is 2.59 bits per heavy atom. The number of hydrogen-bond donors (Lipinski definition) is 3. The Balaban J connectivity index is 2.66. The highest BCUT2D eigenvalue weighted by atomic mass is 16.3. The third kappa shape index (κ3) is 4.07. The van der Waals surface area contributed by atoms with Crippen molar-refractivity contribution < 1.29 is 15.0 Å². The molecule has 2 atom stereocenters. The molecule has 0 radical (unpaired) electrons. The Kier molecular flexibility index (Phi) is 4.52. The molecule has 0 bridgehead atoms. The molecule has 0 aromatic heterocycles. The van der Waals surface area contributed by atoms with Crippen LogP contribution in [0, 0.1) is 6.92 Å². The van der Waals surface area contributed by atoms with Crippen molar-refractivity contribution in [3.05, 3.63) is 29.3 Å². The summed E-state index contributed by atoms with van der Waals surface area (Å²) in [4.78, 5) is 11.8. The molecular weight excluding hydrogens is 218 g/mol. The minimum Gasteiger partial charge on any atom is -0.508 e. The van der Waals surface area contributed by atoms with E-state index in [0.717, 1.165) is 0 Å². The van der Waals surface area contributed by atoms with E-state index in [0.29, 0.717) is 17.5 Å². The predicted molar refractivity (Wildman–Crippen MR) is 66.1 cm³/mol. The highest BCUT2D eigenvalue weighted by molar-refractivity contribution is 5.94. The topological polar surface area (TPSA) is 69.6 Å². The van der Waals surface area contributed by atoms with Crippen molar-refractivity contribution in [2.75, 3.05) is 0 Å². The van der Waals surface area contributed by atoms with Gasteiger partial charge in [0.25, 0.3) is 5.91 Å². The van der Waals surface area contributed by atoms with Crippen LogP contribution in [0.3, 0.4) is 0 Å². The van der Waals surface area contributed by atoms with Gasteiger partial charge in [0.2, 0.25) is 0 Å². The number of hydrogen-bond acceptors (Lipinski definition) is 3. The average molecular weight is 237 g/mol. The number of aromatic hydroxyl groups is 1. The minimum absolute atomic E-state index is 0.0865. The van der Waals surface area contributed by atoms with Gasteiger partial charge in [-0.3, -0.25) is 4.79 Å². The van der Waals surface area contributed by atoms with Crippen LogP contribution in [0.1, 0.15) is 36.2 Å². The number of carbonyl (C=O) groups is 1. The lowest BCUT2D eigenvalue weighted by atomic mass is 10.1. The van der Waals surface area contributed by atoms with Gasteiger partial charge in [-0.1, -0.05) is 0 Å². The molecule has 0 saturated heterocycles. The summed E-state index contributed by atoms with van der Waals surface area (Å²) in [6.45, 7) is 5.27. The monoisotopic (exact) mass is 237 g/mol. The maximum atomic E-state index is 11.8. The number of aliphatic hydroxyl groups excluding tert-OH is 1. The Morgan fingerprint density at radius 1 is 1.41 bits per heavy atom. The van der Waals surface area contributed by atoms with Gasteiger partial charge in [-0.05, 0) is 51.0 Å². The third-order valence-electron chi connectivity index (χ3n) is 2.53. The van der Waals surface area contributed by atoms with Gasteiger partial charge in [-0.15, -0.1) is 0 Å². The molecule has 1 amide bonds. The molecule has 0 fully saturated rings. The molecule has 1 rings (SSSR count). The van der Waals surface area contributed by atoms with Gasteiger partial charge in [-0.25, -0.2) is 0 Å². The molecule has 3 N–H and O–H groups in total. The van der Waals surface area contributed by atoms with Crippen molar-refractivity contribution in [1.82, 2.24) is 5.32 Å². The number of aliphatic hydroxyl groups is 1. The Morgan fingerprint density at radius 2 is 2.06 bits per heavy atom. The maximum absolute atomic E-state index is 11.8. The van der Waals surface area contributed by atoms with E-state index in [-0.39, 0.29) is 17.7 Å². The van der Waals surface area contributed by atoms with Crippen LogP contribution in [0.4, 0.5) is 0 Å². The number of rotatable bonds is 4. The Hall–Kier alpha value is -1.55. The molecular formula is C13H19NO3. The van der Waals surface area contributed by atoms with Crippen LogP contribution in [0.15, 0.2) is 18.2 Å². The molecule has 4 heteroatoms. The van der Waals surface area contributed by atoms with Gasteiger partial charge >= 0.3 is 0 Å². The second kappa shape index (κ2) is 5.68. The molecule has 2 unspecified atom stereocenters. The molecule has 0 heterocycles. The summed E-state index contributed by atoms with van der Waals surface area (Å²) in [7, 11) is 0. The predicted octanol–water partition coefficient (Wildman–Crippen LogP) is 1.59. The maximum Gasteiger partial charge on any atom is 0.251 e. The highest BCUT2D eigenvalue weighted by Gasteiger charge is 2.12. The number of phenolic OH excluding ortho intramolecular Hbond substituents is 1. The van der Waals surface area contributed by atoms with Crippen molar-refractivity contribution in [2.45, 2.75) is 39.3 Å². The first-order chi connectivity index (χ1) is 7.90. The van der Waals surface area contributed by atoms with Crippen molar-refractivity contribution >= 4 is 5.91 Å². The van der Waals surface area contributed by atoms with Crippen molar-refractivity contribution in [1.29, 1.82) is 0 Å². The SMILES string of the molecule is Cc1cc(C(=O)NC(C)CC(C)O)ccc1O. The summed E-state index contributed by atoms with van der Waals surface area (Å²) in [5.41, 5.74) is 1.18. The summed E-state index contributed by atoms with van der Waals surface area (Å²) in [5, 5.41) is 21.4. The van der Waals surface area contributed by atoms with Gasteiger partial charge in [0.15, 0.2) is 0 Å². The van der Waals surface area contributed by atoms with Crippen LogP contribution in [0.2, 0.25) is 0 Å². The van der Waals surface area contributed by atoms with Gasteiger partial charge in [0.05, 0.1) is 6.10 Å². The zero-order valence-corrected chi connectivity index (χ0v) is 10.4. The first kappa shape index (κ1) is 13.5. The average Bonchev–Trinajstić information content (AvgIpc) is 2.20. The second-order valence-corrected chi connectivity index (χ2v) is 4.46. The van der Waals surface area contributed by atoms with Crippen molar-refractivity contribution in [2.24, 2.45) is 0 Å². The van der Waals surface area contributed by atoms with E-state index in [2.05, 4.69) is 5.32 Å². The van der Waals surface area contributed by atoms with Crippen molar-refractivity contribution in [3.8, 4) is 5.75 Å². The fourth-order valence-corrected chi connectivity index (χ4v) is 1.67. The molecule has 17 heavy (non-hydrogen) atoms. The molecule has 4 nitrogen and oxygen atoms in total. The molecule has 0 saturated carbocycles. The van der Waals surface area contributed by atoms with Gasteiger partial charge in [0.1, 0.15) is 5.75 Å². The highest BCUT2D eigenvalue weighted by Crippen LogP contribution is 2.17. The lowest BCUT2D eigenvalue weighted by Crippen LogP contribution is -2.34. The fraction of sp³-hybridized carbons (Fsp3) is 0.462. The summed E-state index contributed by atoms with van der Waals surface area (Å²) >= 11 is 0. The number of amides is 1. The molecule has 0 aliphatic heterocycles. The van der Waals surface area contributed by atoms with Crippen LogP contribution in [-0.2, 0) is 0 Å². The van der Waals surface area contributed by atoms with E-state index in [9.17, 15) is 15.0 Å². The molecule has 0 aliphatic rings. The third-order valence-corrected chi connectivity index (χ3v) is 2.53. The number of aryl methyl sites for hydroxylation is 1. The number of carbonyl (C=O) groups excluding carboxylic acids is 1. The van der Waals surface area contributed by atoms with E-state index in [1.165, 1.54) is 6.07 Å². The van der Waals surface area contributed by atoms with E-state index in [1.807, 2.05) is 6.92 Å². The number of phenols is 1. The van der Waals surface area contributed by atoms with Gasteiger partial charge in [0, 0.05) is 11.6 Å². The standard InChI is InChI=1S/C13H19NO3/c1-8-6-11(4-5-12(8)16)13(17)14-9(2)7-10(3)15/h4-6,9-10,15-16H,7H2,1-3H3,(H,14,17). The summed E-state index contributed by atoms with van der Waals surface area (Å²) < 4.78 is 0. The Labute approximate surface area is 101 Å². The summed E-state index contributed by atoms with van der Waals surface area (Å²) in [6, 6.07) is 4.63. The smallest absolute Gasteiger partial charge is 0.251 e. The van der Waals surface area contributed by atoms with Crippen LogP contribution in [0.5, 0.6) is 5.75 Å². The van der Waals surface area contributed by atoms with E-state index in [1.54, 1.807) is 26.0 Å². The normalized spacial score (nSPS) is 14.1. The zero-order chi connectivity index (χ0) is 13.0. The van der Waals surface area contributed by atoms with Crippen LogP contribution >= 0.6 is 0 Å². The molecule has 0 spiro atoms. The molecule has 1 aromatic rings. The Bertz CT molecular complexity index is 402. The summed E-state index contributed by atoms with van der Waals surface area (Å²) in [6.07, 6.45) is 0.0786. The van der Waals surface area contributed by atoms with Crippen molar-refractivity contribution in [3.63, 3.8) is 0 Å². The molecule has 1 aromatic carbocycles. The van der Waals surface area contributed by atoms with E-state index in [4.69, 9.17) is 0 Å². The molecule has 94 valence electrons. The zero-order valence-electron chi connectivity index (χ0n) is 10.4. The van der Waals surface area contributed by atoms with Crippen LogP contribution in [0.25, 0.3) is 0 Å². The lowest BCUT2D eigenvalue weighted by molar-refractivity contribution is 0.0923. The second-order valence-electron chi connectivity index (χ2n) is 4.46. The van der Waals surface area contributed by atoms with Gasteiger partial charge in [-0.2, -0.15) is 0 Å². The van der Waals surface area contributed by atoms with E-state index >= 15 is 0 Å². The number of nitrogens with one attached hydrogen (secondary N) is 1. The number of benzene rings is 1. The summed E-state index contributed by atoms with van der Waals surface area (Å²) in [5.74, 6) is -0.0140. The first-order valence-electron chi connectivity index (χ1n) is 5.68.